The molecule has 0 saturated carbocycles. The highest BCUT2D eigenvalue weighted by Crippen LogP contribution is 2.33. The molecular weight excluding hydrogens is 234 g/mol. The Bertz CT molecular complexity index is 508. The third-order valence-electron chi connectivity index (χ3n) is 3.16. The van der Waals surface area contributed by atoms with Gasteiger partial charge in [-0.25, -0.2) is 0 Å². The van der Waals surface area contributed by atoms with Gasteiger partial charge in [0.2, 0.25) is 0 Å². The van der Waals surface area contributed by atoms with Gasteiger partial charge in [0.15, 0.2) is 0 Å². The van der Waals surface area contributed by atoms with Gasteiger partial charge >= 0.3 is 0 Å². The average molecular weight is 255 g/mol. The molecule has 0 radical (unpaired) electrons. The Morgan fingerprint density at radius 1 is 1.00 bits per heavy atom. The van der Waals surface area contributed by atoms with E-state index in [1.54, 1.807) is 0 Å². The lowest BCUT2D eigenvalue weighted by atomic mass is 10.0. The summed E-state index contributed by atoms with van der Waals surface area (Å²) in [7, 11) is 0. The molecular formula is C17H21NO. The number of rotatable bonds is 6. The van der Waals surface area contributed by atoms with Crippen molar-refractivity contribution < 1.29 is 4.74 Å². The van der Waals surface area contributed by atoms with Gasteiger partial charge in [-0.1, -0.05) is 55.5 Å². The van der Waals surface area contributed by atoms with Crippen molar-refractivity contribution in [1.29, 1.82) is 0 Å². The molecule has 0 bridgehead atoms. The number of aryl methyl sites for hydroxylation is 1. The van der Waals surface area contributed by atoms with E-state index in [2.05, 4.69) is 49.4 Å². The molecule has 0 aliphatic heterocycles. The first-order valence-electron chi connectivity index (χ1n) is 6.87. The third-order valence-corrected chi connectivity index (χ3v) is 3.16. The molecule has 0 aliphatic carbocycles. The molecule has 100 valence electrons. The fraction of sp³-hybridized carbons (Fsp3) is 0.294. The van der Waals surface area contributed by atoms with Crippen molar-refractivity contribution >= 4 is 0 Å². The summed E-state index contributed by atoms with van der Waals surface area (Å²) in [6.07, 6.45) is 1.85. The molecule has 2 aromatic carbocycles. The second-order valence-corrected chi connectivity index (χ2v) is 4.50. The first kappa shape index (κ1) is 13.6. The number of hydrogen-bond donors (Lipinski definition) is 1. The molecule has 2 rings (SSSR count). The Kier molecular flexibility index (Phi) is 4.99. The molecule has 0 saturated heterocycles. The van der Waals surface area contributed by atoms with Gasteiger partial charge in [0.1, 0.15) is 5.75 Å². The SMILES string of the molecule is CCc1cccc(-c2ccccc2)c1OCCCN. The van der Waals surface area contributed by atoms with E-state index in [1.165, 1.54) is 11.1 Å². The lowest BCUT2D eigenvalue weighted by Crippen LogP contribution is -2.07. The smallest absolute Gasteiger partial charge is 0.130 e. The lowest BCUT2D eigenvalue weighted by molar-refractivity contribution is 0.312. The number of nitrogens with two attached hydrogens (primary N) is 1. The van der Waals surface area contributed by atoms with Crippen LogP contribution in [0.1, 0.15) is 18.9 Å². The third kappa shape index (κ3) is 3.36. The van der Waals surface area contributed by atoms with Crippen molar-refractivity contribution in [2.75, 3.05) is 13.2 Å². The maximum atomic E-state index is 5.97. The second-order valence-electron chi connectivity index (χ2n) is 4.50. The first-order chi connectivity index (χ1) is 9.36. The maximum Gasteiger partial charge on any atom is 0.130 e. The molecule has 0 heterocycles. The van der Waals surface area contributed by atoms with E-state index in [-0.39, 0.29) is 0 Å². The van der Waals surface area contributed by atoms with Crippen LogP contribution in [-0.2, 0) is 6.42 Å². The van der Waals surface area contributed by atoms with Gasteiger partial charge in [-0.3, -0.25) is 0 Å². The lowest BCUT2D eigenvalue weighted by Gasteiger charge is -2.15. The van der Waals surface area contributed by atoms with Gasteiger partial charge in [-0.15, -0.1) is 0 Å². The largest absolute Gasteiger partial charge is 0.493 e. The van der Waals surface area contributed by atoms with Crippen LogP contribution in [0, 0.1) is 0 Å². The van der Waals surface area contributed by atoms with E-state index in [0.717, 1.165) is 24.2 Å². The molecule has 0 aromatic heterocycles. The quantitative estimate of drug-likeness (QED) is 0.800. The van der Waals surface area contributed by atoms with Crippen LogP contribution < -0.4 is 10.5 Å². The van der Waals surface area contributed by atoms with Gasteiger partial charge in [-0.05, 0) is 30.5 Å². The summed E-state index contributed by atoms with van der Waals surface area (Å²) < 4.78 is 5.97. The van der Waals surface area contributed by atoms with Crippen LogP contribution in [0.3, 0.4) is 0 Å². The molecule has 0 amide bonds. The summed E-state index contributed by atoms with van der Waals surface area (Å²) in [6.45, 7) is 3.49. The Balaban J connectivity index is 2.36. The van der Waals surface area contributed by atoms with Crippen molar-refractivity contribution in [2.24, 2.45) is 5.73 Å². The van der Waals surface area contributed by atoms with Crippen LogP contribution in [0.25, 0.3) is 11.1 Å². The minimum Gasteiger partial charge on any atom is -0.493 e. The van der Waals surface area contributed by atoms with Crippen molar-refractivity contribution in [3.8, 4) is 16.9 Å². The minimum atomic E-state index is 0.662. The van der Waals surface area contributed by atoms with Crippen LogP contribution in [0.4, 0.5) is 0 Å². The van der Waals surface area contributed by atoms with Gasteiger partial charge in [0.05, 0.1) is 6.61 Å². The number of hydrogen-bond acceptors (Lipinski definition) is 2. The standard InChI is InChI=1S/C17H21NO/c1-2-14-10-6-11-16(15-8-4-3-5-9-15)17(14)19-13-7-12-18/h3-6,8-11H,2,7,12-13,18H2,1H3. The Hall–Kier alpha value is -1.80. The molecule has 19 heavy (non-hydrogen) atoms. The zero-order valence-corrected chi connectivity index (χ0v) is 11.4. The van der Waals surface area contributed by atoms with Crippen molar-refractivity contribution in [2.45, 2.75) is 19.8 Å². The van der Waals surface area contributed by atoms with Crippen molar-refractivity contribution in [1.82, 2.24) is 0 Å². The van der Waals surface area contributed by atoms with Crippen LogP contribution in [-0.4, -0.2) is 13.2 Å². The van der Waals surface area contributed by atoms with E-state index < -0.39 is 0 Å². The molecule has 0 atom stereocenters. The maximum absolute atomic E-state index is 5.97. The molecule has 2 N–H and O–H groups in total. The first-order valence-corrected chi connectivity index (χ1v) is 6.87. The Labute approximate surface area is 115 Å². The molecule has 0 fully saturated rings. The second kappa shape index (κ2) is 6.95. The van der Waals surface area contributed by atoms with Crippen LogP contribution in [0.15, 0.2) is 48.5 Å². The fourth-order valence-corrected chi connectivity index (χ4v) is 2.14. The van der Waals surface area contributed by atoms with E-state index in [0.29, 0.717) is 13.2 Å². The Morgan fingerprint density at radius 3 is 2.47 bits per heavy atom. The summed E-state index contributed by atoms with van der Waals surface area (Å²) in [5, 5.41) is 0. The number of ether oxygens (including phenoxy) is 1. The molecule has 2 nitrogen and oxygen atoms in total. The summed E-state index contributed by atoms with van der Waals surface area (Å²) in [5.74, 6) is 1.00. The summed E-state index contributed by atoms with van der Waals surface area (Å²) in [4.78, 5) is 0. The molecule has 0 spiro atoms. The van der Waals surface area contributed by atoms with Gasteiger partial charge < -0.3 is 10.5 Å². The summed E-state index contributed by atoms with van der Waals surface area (Å²) in [6, 6.07) is 16.7. The summed E-state index contributed by atoms with van der Waals surface area (Å²) >= 11 is 0. The van der Waals surface area contributed by atoms with E-state index in [1.807, 2.05) is 6.07 Å². The van der Waals surface area contributed by atoms with Gasteiger partial charge in [-0.2, -0.15) is 0 Å². The number of benzene rings is 2. The number of para-hydroxylation sites is 1. The highest BCUT2D eigenvalue weighted by atomic mass is 16.5. The molecule has 0 aliphatic rings. The van der Waals surface area contributed by atoms with E-state index >= 15 is 0 Å². The van der Waals surface area contributed by atoms with E-state index in [4.69, 9.17) is 10.5 Å². The highest BCUT2D eigenvalue weighted by Gasteiger charge is 2.10. The molecule has 2 aromatic rings. The predicted octanol–water partition coefficient (Wildman–Crippen LogP) is 3.64. The molecule has 0 unspecified atom stereocenters. The average Bonchev–Trinajstić information content (AvgIpc) is 2.48. The zero-order valence-electron chi connectivity index (χ0n) is 11.4. The van der Waals surface area contributed by atoms with Crippen molar-refractivity contribution in [3.63, 3.8) is 0 Å². The minimum absolute atomic E-state index is 0.662. The normalized spacial score (nSPS) is 10.4. The topological polar surface area (TPSA) is 35.2 Å². The van der Waals surface area contributed by atoms with E-state index in [9.17, 15) is 0 Å². The predicted molar refractivity (Wildman–Crippen MR) is 80.4 cm³/mol. The van der Waals surface area contributed by atoms with Crippen LogP contribution in [0.2, 0.25) is 0 Å². The van der Waals surface area contributed by atoms with Crippen LogP contribution >= 0.6 is 0 Å². The monoisotopic (exact) mass is 255 g/mol. The van der Waals surface area contributed by atoms with Crippen molar-refractivity contribution in [3.05, 3.63) is 54.1 Å². The molecule has 2 heteroatoms. The fourth-order valence-electron chi connectivity index (χ4n) is 2.14. The van der Waals surface area contributed by atoms with Gasteiger partial charge in [0.25, 0.3) is 0 Å². The summed E-state index contributed by atoms with van der Waals surface area (Å²) in [5.41, 5.74) is 9.14. The van der Waals surface area contributed by atoms with Crippen LogP contribution in [0.5, 0.6) is 5.75 Å². The highest BCUT2D eigenvalue weighted by molar-refractivity contribution is 5.72. The Morgan fingerprint density at radius 2 is 1.79 bits per heavy atom. The zero-order chi connectivity index (χ0) is 13.5. The van der Waals surface area contributed by atoms with Gasteiger partial charge in [0, 0.05) is 5.56 Å².